The highest BCUT2D eigenvalue weighted by molar-refractivity contribution is 5.79. The summed E-state index contributed by atoms with van der Waals surface area (Å²) < 4.78 is 2.05. The van der Waals surface area contributed by atoms with E-state index in [0.717, 1.165) is 37.1 Å². The number of pyridine rings is 1. The van der Waals surface area contributed by atoms with Crippen LogP contribution in [0.25, 0.3) is 5.65 Å². The van der Waals surface area contributed by atoms with Crippen molar-refractivity contribution in [2.24, 2.45) is 5.92 Å². The summed E-state index contributed by atoms with van der Waals surface area (Å²) in [6, 6.07) is 5.94. The summed E-state index contributed by atoms with van der Waals surface area (Å²) in [7, 11) is 0. The Balaban J connectivity index is 1.77. The second-order valence-corrected chi connectivity index (χ2v) is 5.51. The van der Waals surface area contributed by atoms with Crippen LogP contribution < -0.4 is 0 Å². The van der Waals surface area contributed by atoms with Gasteiger partial charge in [0.1, 0.15) is 5.65 Å². The highest BCUT2D eigenvalue weighted by atomic mass is 16.2. The van der Waals surface area contributed by atoms with Crippen molar-refractivity contribution in [3.05, 3.63) is 48.4 Å². The first kappa shape index (κ1) is 13.9. The molecule has 0 saturated carbocycles. The predicted octanol–water partition coefficient (Wildman–Crippen LogP) is 3.04. The molecule has 2 heterocycles. The molecule has 0 radical (unpaired) electrons. The Bertz CT molecular complexity index is 659. The molecule has 2 aromatic rings. The lowest BCUT2D eigenvalue weighted by Gasteiger charge is -2.26. The average Bonchev–Trinajstić information content (AvgIpc) is 2.96. The first-order chi connectivity index (χ1) is 10.3. The van der Waals surface area contributed by atoms with Crippen LogP contribution in [-0.4, -0.2) is 26.7 Å². The largest absolute Gasteiger partial charge is 0.337 e. The maximum Gasteiger partial charge on any atom is 0.226 e. The summed E-state index contributed by atoms with van der Waals surface area (Å²) in [6.07, 6.45) is 11.0. The van der Waals surface area contributed by atoms with Crippen molar-refractivity contribution >= 4 is 11.6 Å². The van der Waals surface area contributed by atoms with Gasteiger partial charge in [-0.25, -0.2) is 4.98 Å². The lowest BCUT2D eigenvalue weighted by Crippen LogP contribution is -2.36. The third kappa shape index (κ3) is 2.84. The molecule has 0 fully saturated rings. The number of amides is 1. The maximum atomic E-state index is 12.7. The van der Waals surface area contributed by atoms with Crippen molar-refractivity contribution in [2.45, 2.75) is 32.7 Å². The zero-order valence-corrected chi connectivity index (χ0v) is 12.4. The van der Waals surface area contributed by atoms with E-state index < -0.39 is 0 Å². The molecule has 1 aliphatic carbocycles. The van der Waals surface area contributed by atoms with Gasteiger partial charge in [0.25, 0.3) is 0 Å². The number of rotatable bonds is 4. The van der Waals surface area contributed by atoms with E-state index in [0.29, 0.717) is 6.54 Å². The molecule has 4 nitrogen and oxygen atoms in total. The molecule has 0 bridgehead atoms. The lowest BCUT2D eigenvalue weighted by atomic mass is 9.93. The van der Waals surface area contributed by atoms with Crippen molar-refractivity contribution in [1.29, 1.82) is 0 Å². The van der Waals surface area contributed by atoms with E-state index in [1.807, 2.05) is 42.4 Å². The third-order valence-electron chi connectivity index (χ3n) is 4.16. The second-order valence-electron chi connectivity index (χ2n) is 5.51. The number of carbonyl (C=O) groups is 1. The van der Waals surface area contributed by atoms with Gasteiger partial charge in [0, 0.05) is 18.7 Å². The van der Waals surface area contributed by atoms with E-state index in [4.69, 9.17) is 0 Å². The summed E-state index contributed by atoms with van der Waals surface area (Å²) in [5.74, 6) is 0.418. The predicted molar refractivity (Wildman–Crippen MR) is 82.8 cm³/mol. The van der Waals surface area contributed by atoms with Gasteiger partial charge in [0.2, 0.25) is 5.91 Å². The van der Waals surface area contributed by atoms with Gasteiger partial charge in [0.05, 0.1) is 18.4 Å². The number of hydrogen-bond acceptors (Lipinski definition) is 2. The molecule has 0 aromatic carbocycles. The van der Waals surface area contributed by atoms with E-state index in [-0.39, 0.29) is 11.8 Å². The van der Waals surface area contributed by atoms with Crippen LogP contribution in [0.4, 0.5) is 0 Å². The Morgan fingerprint density at radius 1 is 1.43 bits per heavy atom. The van der Waals surface area contributed by atoms with Crippen LogP contribution >= 0.6 is 0 Å². The fraction of sp³-hybridized carbons (Fsp3) is 0.412. The maximum absolute atomic E-state index is 12.7. The molecule has 1 atom stereocenters. The molecule has 1 aliphatic rings. The van der Waals surface area contributed by atoms with Crippen molar-refractivity contribution in [3.8, 4) is 0 Å². The quantitative estimate of drug-likeness (QED) is 0.809. The monoisotopic (exact) mass is 283 g/mol. The van der Waals surface area contributed by atoms with Gasteiger partial charge >= 0.3 is 0 Å². The number of hydrogen-bond donors (Lipinski definition) is 0. The van der Waals surface area contributed by atoms with Crippen LogP contribution in [0.3, 0.4) is 0 Å². The fourth-order valence-corrected chi connectivity index (χ4v) is 2.92. The van der Waals surface area contributed by atoms with Crippen molar-refractivity contribution in [2.75, 3.05) is 6.54 Å². The number of fused-ring (bicyclic) bond motifs is 1. The topological polar surface area (TPSA) is 37.6 Å². The Morgan fingerprint density at radius 3 is 3.10 bits per heavy atom. The van der Waals surface area contributed by atoms with Crippen LogP contribution in [0.15, 0.2) is 42.7 Å². The first-order valence-corrected chi connectivity index (χ1v) is 7.64. The van der Waals surface area contributed by atoms with Gasteiger partial charge in [-0.2, -0.15) is 0 Å². The van der Waals surface area contributed by atoms with Gasteiger partial charge in [-0.15, -0.1) is 0 Å². The van der Waals surface area contributed by atoms with Crippen LogP contribution in [-0.2, 0) is 11.3 Å². The van der Waals surface area contributed by atoms with Gasteiger partial charge in [-0.1, -0.05) is 18.2 Å². The summed E-state index contributed by atoms with van der Waals surface area (Å²) in [5.41, 5.74) is 1.99. The Kier molecular flexibility index (Phi) is 4.04. The lowest BCUT2D eigenvalue weighted by molar-refractivity contribution is -0.136. The Hall–Kier alpha value is -2.10. The van der Waals surface area contributed by atoms with Gasteiger partial charge in [-0.05, 0) is 38.3 Å². The summed E-state index contributed by atoms with van der Waals surface area (Å²) in [4.78, 5) is 19.0. The smallest absolute Gasteiger partial charge is 0.226 e. The molecule has 3 rings (SSSR count). The normalized spacial score (nSPS) is 18.0. The summed E-state index contributed by atoms with van der Waals surface area (Å²) in [6.45, 7) is 3.40. The second kappa shape index (κ2) is 6.12. The van der Waals surface area contributed by atoms with Gasteiger partial charge in [-0.3, -0.25) is 4.79 Å². The molecule has 1 amide bonds. The molecule has 110 valence electrons. The highest BCUT2D eigenvalue weighted by Crippen LogP contribution is 2.21. The average molecular weight is 283 g/mol. The molecule has 0 N–H and O–H groups in total. The molecule has 0 spiro atoms. The van der Waals surface area contributed by atoms with Gasteiger partial charge < -0.3 is 9.30 Å². The minimum absolute atomic E-state index is 0.147. The summed E-state index contributed by atoms with van der Waals surface area (Å²) in [5, 5.41) is 0. The molecular weight excluding hydrogens is 262 g/mol. The van der Waals surface area contributed by atoms with E-state index in [1.165, 1.54) is 0 Å². The molecule has 2 aromatic heterocycles. The fourth-order valence-electron chi connectivity index (χ4n) is 2.92. The Labute approximate surface area is 125 Å². The Morgan fingerprint density at radius 2 is 2.33 bits per heavy atom. The molecule has 1 unspecified atom stereocenters. The van der Waals surface area contributed by atoms with E-state index in [1.54, 1.807) is 0 Å². The van der Waals surface area contributed by atoms with Crippen molar-refractivity contribution < 1.29 is 4.79 Å². The number of allylic oxidation sites excluding steroid dienone is 2. The van der Waals surface area contributed by atoms with Gasteiger partial charge in [0.15, 0.2) is 0 Å². The van der Waals surface area contributed by atoms with E-state index in [2.05, 4.69) is 21.5 Å². The van der Waals surface area contributed by atoms with E-state index in [9.17, 15) is 4.79 Å². The zero-order valence-electron chi connectivity index (χ0n) is 12.4. The molecule has 21 heavy (non-hydrogen) atoms. The SMILES string of the molecule is CCN(Cc1cnc2ccccn12)C(=O)C1CC=CCC1. The molecule has 0 saturated heterocycles. The van der Waals surface area contributed by atoms with Crippen LogP contribution in [0, 0.1) is 5.92 Å². The standard InChI is InChI=1S/C17H21N3O/c1-2-19(17(21)14-8-4-3-5-9-14)13-15-12-18-16-10-6-7-11-20(15)16/h3-4,6-7,10-12,14H,2,5,8-9,13H2,1H3. The highest BCUT2D eigenvalue weighted by Gasteiger charge is 2.24. The van der Waals surface area contributed by atoms with Crippen LogP contribution in [0.2, 0.25) is 0 Å². The van der Waals surface area contributed by atoms with Crippen molar-refractivity contribution in [3.63, 3.8) is 0 Å². The van der Waals surface area contributed by atoms with Crippen LogP contribution in [0.5, 0.6) is 0 Å². The minimum atomic E-state index is 0.147. The number of carbonyl (C=O) groups excluding carboxylic acids is 1. The minimum Gasteiger partial charge on any atom is -0.337 e. The van der Waals surface area contributed by atoms with E-state index >= 15 is 0 Å². The number of nitrogens with zero attached hydrogens (tertiary/aromatic N) is 3. The number of imidazole rings is 1. The molecule has 4 heteroatoms. The van der Waals surface area contributed by atoms with Crippen molar-refractivity contribution in [1.82, 2.24) is 14.3 Å². The zero-order chi connectivity index (χ0) is 14.7. The summed E-state index contributed by atoms with van der Waals surface area (Å²) >= 11 is 0. The third-order valence-corrected chi connectivity index (χ3v) is 4.16. The first-order valence-electron chi connectivity index (χ1n) is 7.64. The molecule has 0 aliphatic heterocycles. The number of aromatic nitrogens is 2. The van der Waals surface area contributed by atoms with Crippen LogP contribution in [0.1, 0.15) is 31.9 Å². The molecular formula is C17H21N3O.